The first-order chi connectivity index (χ1) is 15.1. The van der Waals surface area contributed by atoms with E-state index in [1.807, 2.05) is 60.7 Å². The van der Waals surface area contributed by atoms with E-state index in [9.17, 15) is 9.59 Å². The predicted octanol–water partition coefficient (Wildman–Crippen LogP) is 3.37. The molecule has 1 amide bonds. The second-order valence-corrected chi connectivity index (χ2v) is 7.52. The molecule has 7 nitrogen and oxygen atoms in total. The summed E-state index contributed by atoms with van der Waals surface area (Å²) in [5.74, 6) is -0.0403. The number of fused-ring (bicyclic) bond motifs is 1. The fourth-order valence-corrected chi connectivity index (χ4v) is 3.63. The van der Waals surface area contributed by atoms with Crippen LogP contribution in [-0.4, -0.2) is 32.0 Å². The van der Waals surface area contributed by atoms with Crippen LogP contribution in [0.15, 0.2) is 71.7 Å². The highest BCUT2D eigenvalue weighted by Gasteiger charge is 2.15. The van der Waals surface area contributed by atoms with E-state index in [1.54, 1.807) is 6.20 Å². The maximum absolute atomic E-state index is 12.8. The molecule has 0 aliphatic rings. The van der Waals surface area contributed by atoms with Gasteiger partial charge >= 0.3 is 0 Å². The van der Waals surface area contributed by atoms with Crippen LogP contribution in [0.1, 0.15) is 18.4 Å². The number of nitrogens with one attached hydrogen (secondary N) is 1. The molecule has 0 spiro atoms. The lowest BCUT2D eigenvalue weighted by atomic mass is 10.1. The molecule has 0 saturated carbocycles. The van der Waals surface area contributed by atoms with Crippen LogP contribution in [0.5, 0.6) is 0 Å². The number of nitrogens with zero attached hydrogens (tertiary/aromatic N) is 4. The molecule has 2 aromatic carbocycles. The van der Waals surface area contributed by atoms with Gasteiger partial charge in [-0.05, 0) is 30.5 Å². The van der Waals surface area contributed by atoms with Crippen LogP contribution in [0.3, 0.4) is 0 Å². The molecule has 0 bridgehead atoms. The predicted molar refractivity (Wildman–Crippen MR) is 121 cm³/mol. The summed E-state index contributed by atoms with van der Waals surface area (Å²) in [6.45, 7) is 0.916. The van der Waals surface area contributed by atoms with Gasteiger partial charge in [0.25, 0.3) is 5.56 Å². The average molecular weight is 436 g/mol. The van der Waals surface area contributed by atoms with E-state index >= 15 is 0 Å². The lowest BCUT2D eigenvalue weighted by Gasteiger charge is -2.06. The zero-order valence-corrected chi connectivity index (χ0v) is 17.6. The standard InChI is InChI=1S/C23H22ClN5O2/c24-22-19-16-26-28(23(31)21(19)27-29(22)18-10-5-2-6-11-18)15-7-12-20(30)25-14-13-17-8-3-1-4-9-17/h1-6,8-11,16H,7,12-15H2,(H,25,30). The summed E-state index contributed by atoms with van der Waals surface area (Å²) < 4.78 is 2.86. The van der Waals surface area contributed by atoms with Gasteiger partial charge in [-0.15, -0.1) is 0 Å². The third-order valence-electron chi connectivity index (χ3n) is 4.98. The Bertz CT molecular complexity index is 1240. The first-order valence-electron chi connectivity index (χ1n) is 10.1. The van der Waals surface area contributed by atoms with Crippen LogP contribution in [-0.2, 0) is 17.8 Å². The van der Waals surface area contributed by atoms with Crippen LogP contribution in [0, 0.1) is 0 Å². The highest BCUT2D eigenvalue weighted by molar-refractivity contribution is 6.34. The first kappa shape index (κ1) is 20.8. The molecule has 2 aromatic heterocycles. The molecule has 0 aliphatic heterocycles. The first-order valence-corrected chi connectivity index (χ1v) is 10.5. The van der Waals surface area contributed by atoms with Crippen LogP contribution >= 0.6 is 11.6 Å². The monoisotopic (exact) mass is 435 g/mol. The van der Waals surface area contributed by atoms with Crippen molar-refractivity contribution in [3.05, 3.63) is 87.9 Å². The summed E-state index contributed by atoms with van der Waals surface area (Å²) in [5, 5.41) is 12.4. The third kappa shape index (κ3) is 4.83. The summed E-state index contributed by atoms with van der Waals surface area (Å²) in [6.07, 6.45) is 3.16. The molecular weight excluding hydrogens is 414 g/mol. The molecule has 0 unspecified atom stereocenters. The molecule has 0 saturated heterocycles. The number of aryl methyl sites for hydroxylation is 1. The minimum absolute atomic E-state index is 0.0403. The van der Waals surface area contributed by atoms with Crippen molar-refractivity contribution in [2.45, 2.75) is 25.8 Å². The number of halogens is 1. The number of hydrogen-bond acceptors (Lipinski definition) is 4. The number of hydrogen-bond donors (Lipinski definition) is 1. The number of para-hydroxylation sites is 1. The molecule has 0 aliphatic carbocycles. The van der Waals surface area contributed by atoms with Gasteiger partial charge in [0.2, 0.25) is 5.91 Å². The van der Waals surface area contributed by atoms with Crippen molar-refractivity contribution in [1.29, 1.82) is 0 Å². The van der Waals surface area contributed by atoms with Crippen molar-refractivity contribution in [1.82, 2.24) is 24.9 Å². The second kappa shape index (κ2) is 9.57. The van der Waals surface area contributed by atoms with Gasteiger partial charge in [0.1, 0.15) is 5.15 Å². The van der Waals surface area contributed by atoms with Crippen molar-refractivity contribution in [3.63, 3.8) is 0 Å². The zero-order valence-electron chi connectivity index (χ0n) is 16.9. The Hall–Kier alpha value is -3.45. The molecule has 0 radical (unpaired) electrons. The van der Waals surface area contributed by atoms with Crippen LogP contribution in [0.25, 0.3) is 16.6 Å². The number of benzene rings is 2. The zero-order chi connectivity index (χ0) is 21.6. The van der Waals surface area contributed by atoms with E-state index in [0.717, 1.165) is 12.1 Å². The highest BCUT2D eigenvalue weighted by atomic mass is 35.5. The molecule has 0 fully saturated rings. The fourth-order valence-electron chi connectivity index (χ4n) is 3.35. The lowest BCUT2D eigenvalue weighted by molar-refractivity contribution is -0.121. The van der Waals surface area contributed by atoms with Crippen molar-refractivity contribution in [2.75, 3.05) is 6.54 Å². The topological polar surface area (TPSA) is 81.8 Å². The number of rotatable bonds is 8. The molecule has 2 heterocycles. The van der Waals surface area contributed by atoms with E-state index in [4.69, 9.17) is 11.6 Å². The van der Waals surface area contributed by atoms with Gasteiger partial charge in [0, 0.05) is 19.5 Å². The SMILES string of the molecule is O=C(CCCn1ncc2c(Cl)n(-c3ccccc3)nc2c1=O)NCCc1ccccc1. The van der Waals surface area contributed by atoms with Gasteiger partial charge in [0.15, 0.2) is 5.52 Å². The van der Waals surface area contributed by atoms with Crippen LogP contribution < -0.4 is 10.9 Å². The van der Waals surface area contributed by atoms with Gasteiger partial charge in [-0.3, -0.25) is 9.59 Å². The normalized spacial score (nSPS) is 11.0. The van der Waals surface area contributed by atoms with E-state index in [-0.39, 0.29) is 17.0 Å². The minimum Gasteiger partial charge on any atom is -0.356 e. The van der Waals surface area contributed by atoms with Gasteiger partial charge in [-0.1, -0.05) is 60.1 Å². The average Bonchev–Trinajstić information content (AvgIpc) is 3.14. The summed E-state index contributed by atoms with van der Waals surface area (Å²) in [6, 6.07) is 19.4. The maximum Gasteiger partial charge on any atom is 0.295 e. The van der Waals surface area contributed by atoms with Gasteiger partial charge in [-0.2, -0.15) is 10.2 Å². The van der Waals surface area contributed by atoms with Crippen molar-refractivity contribution < 1.29 is 4.79 Å². The number of carbonyl (C=O) groups is 1. The van der Waals surface area contributed by atoms with E-state index < -0.39 is 0 Å². The van der Waals surface area contributed by atoms with Crippen LogP contribution in [0.2, 0.25) is 5.15 Å². The molecule has 0 atom stereocenters. The van der Waals surface area contributed by atoms with E-state index in [0.29, 0.717) is 36.5 Å². The Kier molecular flexibility index (Phi) is 6.43. The Morgan fingerprint density at radius 3 is 2.48 bits per heavy atom. The molecule has 1 N–H and O–H groups in total. The molecule has 31 heavy (non-hydrogen) atoms. The Balaban J connectivity index is 1.36. The van der Waals surface area contributed by atoms with Crippen molar-refractivity contribution in [3.8, 4) is 5.69 Å². The minimum atomic E-state index is -0.321. The van der Waals surface area contributed by atoms with Crippen molar-refractivity contribution in [2.24, 2.45) is 0 Å². The quantitative estimate of drug-likeness (QED) is 0.460. The smallest absolute Gasteiger partial charge is 0.295 e. The summed E-state index contributed by atoms with van der Waals surface area (Å²) in [7, 11) is 0. The molecule has 8 heteroatoms. The number of aromatic nitrogens is 4. The maximum atomic E-state index is 12.8. The molecular formula is C23H22ClN5O2. The molecule has 158 valence electrons. The Morgan fingerprint density at radius 2 is 1.74 bits per heavy atom. The highest BCUT2D eigenvalue weighted by Crippen LogP contribution is 2.23. The Labute approximate surface area is 184 Å². The lowest BCUT2D eigenvalue weighted by Crippen LogP contribution is -2.27. The van der Waals surface area contributed by atoms with Gasteiger partial charge < -0.3 is 5.32 Å². The summed E-state index contributed by atoms with van der Waals surface area (Å²) in [5.41, 5.74) is 1.89. The largest absolute Gasteiger partial charge is 0.356 e. The van der Waals surface area contributed by atoms with Crippen LogP contribution in [0.4, 0.5) is 0 Å². The Morgan fingerprint density at radius 1 is 1.03 bits per heavy atom. The second-order valence-electron chi connectivity index (χ2n) is 7.16. The van der Waals surface area contributed by atoms with Crippen molar-refractivity contribution >= 4 is 28.4 Å². The number of carbonyl (C=O) groups excluding carboxylic acids is 1. The fraction of sp³-hybridized carbons (Fsp3) is 0.217. The summed E-state index contributed by atoms with van der Waals surface area (Å²) in [4.78, 5) is 24.9. The van der Waals surface area contributed by atoms with Gasteiger partial charge in [0.05, 0.1) is 17.3 Å². The third-order valence-corrected chi connectivity index (χ3v) is 5.34. The summed E-state index contributed by atoms with van der Waals surface area (Å²) >= 11 is 6.41. The molecule has 4 rings (SSSR count). The van der Waals surface area contributed by atoms with E-state index in [2.05, 4.69) is 15.5 Å². The van der Waals surface area contributed by atoms with Gasteiger partial charge in [-0.25, -0.2) is 9.36 Å². The molecule has 4 aromatic rings. The number of amides is 1. The van der Waals surface area contributed by atoms with E-state index in [1.165, 1.54) is 14.9 Å².